The second kappa shape index (κ2) is 6.30. The van der Waals surface area contributed by atoms with Crippen molar-refractivity contribution in [2.75, 3.05) is 18.0 Å². The summed E-state index contributed by atoms with van der Waals surface area (Å²) in [6, 6.07) is 13.7. The third-order valence-electron chi connectivity index (χ3n) is 3.46. The number of rotatable bonds is 1. The molecular formula is C16H14Br2N2O. The zero-order chi connectivity index (χ0) is 14.8. The van der Waals surface area contributed by atoms with Crippen LogP contribution in [0.25, 0.3) is 0 Å². The van der Waals surface area contributed by atoms with Gasteiger partial charge in [0.05, 0.1) is 0 Å². The normalized spacial score (nSPS) is 14.5. The van der Waals surface area contributed by atoms with Gasteiger partial charge in [-0.05, 0) is 29.8 Å². The Balaban J connectivity index is 2.01. The maximum Gasteiger partial charge on any atom is 0.258 e. The average molecular weight is 410 g/mol. The molecule has 0 radical (unpaired) electrons. The molecule has 1 N–H and O–H groups in total. The van der Waals surface area contributed by atoms with Crippen molar-refractivity contribution in [3.05, 3.63) is 62.5 Å². The number of fused-ring (bicyclic) bond motifs is 1. The molecule has 3 rings (SSSR count). The summed E-state index contributed by atoms with van der Waals surface area (Å²) in [6.45, 7) is 2.25. The van der Waals surface area contributed by atoms with Crippen LogP contribution in [-0.2, 0) is 6.54 Å². The van der Waals surface area contributed by atoms with Crippen LogP contribution in [0.4, 0.5) is 5.69 Å². The second-order valence-corrected chi connectivity index (χ2v) is 6.75. The van der Waals surface area contributed by atoms with Gasteiger partial charge in [0.15, 0.2) is 0 Å². The summed E-state index contributed by atoms with van der Waals surface area (Å²) >= 11 is 6.88. The Morgan fingerprint density at radius 3 is 2.57 bits per heavy atom. The van der Waals surface area contributed by atoms with Crippen LogP contribution in [0.15, 0.2) is 51.4 Å². The SMILES string of the molecule is O=C(c1cc(Br)cc(Br)c1)N1CCNCc2ccccc21. The zero-order valence-electron chi connectivity index (χ0n) is 11.3. The molecule has 0 aromatic heterocycles. The highest BCUT2D eigenvalue weighted by Crippen LogP contribution is 2.26. The topological polar surface area (TPSA) is 32.3 Å². The van der Waals surface area contributed by atoms with Gasteiger partial charge in [0.25, 0.3) is 5.91 Å². The lowest BCUT2D eigenvalue weighted by Crippen LogP contribution is -2.34. The number of para-hydroxylation sites is 1. The van der Waals surface area contributed by atoms with Crippen molar-refractivity contribution in [2.45, 2.75) is 6.54 Å². The Hall–Kier alpha value is -1.17. The first kappa shape index (κ1) is 14.8. The molecule has 0 saturated carbocycles. The van der Waals surface area contributed by atoms with Crippen molar-refractivity contribution in [1.82, 2.24) is 5.32 Å². The number of benzene rings is 2. The van der Waals surface area contributed by atoms with Crippen LogP contribution in [0.3, 0.4) is 0 Å². The number of hydrogen-bond acceptors (Lipinski definition) is 2. The summed E-state index contributed by atoms with van der Waals surface area (Å²) < 4.78 is 1.78. The van der Waals surface area contributed by atoms with Crippen LogP contribution >= 0.6 is 31.9 Å². The van der Waals surface area contributed by atoms with E-state index in [-0.39, 0.29) is 5.91 Å². The highest BCUT2D eigenvalue weighted by molar-refractivity contribution is 9.11. The van der Waals surface area contributed by atoms with Gasteiger partial charge in [0, 0.05) is 39.8 Å². The van der Waals surface area contributed by atoms with E-state index in [4.69, 9.17) is 0 Å². The van der Waals surface area contributed by atoms with E-state index in [1.165, 1.54) is 0 Å². The maximum atomic E-state index is 12.9. The molecule has 5 heteroatoms. The van der Waals surface area contributed by atoms with Gasteiger partial charge in [-0.25, -0.2) is 0 Å². The van der Waals surface area contributed by atoms with Gasteiger partial charge >= 0.3 is 0 Å². The second-order valence-electron chi connectivity index (χ2n) is 4.92. The van der Waals surface area contributed by atoms with Crippen molar-refractivity contribution in [3.8, 4) is 0 Å². The zero-order valence-corrected chi connectivity index (χ0v) is 14.4. The Morgan fingerprint density at radius 2 is 1.81 bits per heavy atom. The molecule has 1 aliphatic heterocycles. The number of nitrogens with zero attached hydrogens (tertiary/aromatic N) is 1. The predicted octanol–water partition coefficient (Wildman–Crippen LogP) is 3.96. The minimum atomic E-state index is 0.0214. The summed E-state index contributed by atoms with van der Waals surface area (Å²) in [7, 11) is 0. The van der Waals surface area contributed by atoms with Gasteiger partial charge < -0.3 is 10.2 Å². The van der Waals surface area contributed by atoms with Crippen LogP contribution < -0.4 is 10.2 Å². The summed E-state index contributed by atoms with van der Waals surface area (Å²) in [5.41, 5.74) is 2.81. The van der Waals surface area contributed by atoms with Crippen LogP contribution in [0.1, 0.15) is 15.9 Å². The third kappa shape index (κ3) is 3.20. The number of nitrogens with one attached hydrogen (secondary N) is 1. The van der Waals surface area contributed by atoms with E-state index in [0.29, 0.717) is 12.1 Å². The molecule has 0 bridgehead atoms. The monoisotopic (exact) mass is 408 g/mol. The fourth-order valence-electron chi connectivity index (χ4n) is 2.50. The number of anilines is 1. The van der Waals surface area contributed by atoms with Gasteiger partial charge in [-0.3, -0.25) is 4.79 Å². The van der Waals surface area contributed by atoms with Crippen molar-refractivity contribution in [3.63, 3.8) is 0 Å². The minimum absolute atomic E-state index is 0.0214. The van der Waals surface area contributed by atoms with Gasteiger partial charge in [0.1, 0.15) is 0 Å². The van der Waals surface area contributed by atoms with Crippen LogP contribution in [-0.4, -0.2) is 19.0 Å². The molecule has 1 aliphatic rings. The Morgan fingerprint density at radius 1 is 1.10 bits per heavy atom. The molecule has 0 spiro atoms. The molecule has 2 aromatic carbocycles. The Bertz CT molecular complexity index is 667. The standard InChI is InChI=1S/C16H14Br2N2O/c17-13-7-12(8-14(18)9-13)16(21)20-6-5-19-10-11-3-1-2-4-15(11)20/h1-4,7-9,19H,5-6,10H2. The van der Waals surface area contributed by atoms with Crippen molar-refractivity contribution >= 4 is 43.5 Å². The van der Waals surface area contributed by atoms with Gasteiger partial charge in [-0.15, -0.1) is 0 Å². The average Bonchev–Trinajstić information content (AvgIpc) is 2.68. The van der Waals surface area contributed by atoms with Gasteiger partial charge in [-0.2, -0.15) is 0 Å². The first-order valence-electron chi connectivity index (χ1n) is 6.72. The molecule has 0 aliphatic carbocycles. The summed E-state index contributed by atoms with van der Waals surface area (Å²) in [6.07, 6.45) is 0. The van der Waals surface area contributed by atoms with Crippen LogP contribution in [0.5, 0.6) is 0 Å². The van der Waals surface area contributed by atoms with E-state index in [2.05, 4.69) is 43.2 Å². The molecule has 3 nitrogen and oxygen atoms in total. The molecule has 0 saturated heterocycles. The summed E-state index contributed by atoms with van der Waals surface area (Å²) in [5, 5.41) is 3.35. The van der Waals surface area contributed by atoms with E-state index in [1.54, 1.807) is 0 Å². The molecule has 108 valence electrons. The first-order valence-corrected chi connectivity index (χ1v) is 8.30. The summed E-state index contributed by atoms with van der Waals surface area (Å²) in [4.78, 5) is 14.7. The van der Waals surface area contributed by atoms with E-state index in [9.17, 15) is 4.79 Å². The Labute approximate surface area is 140 Å². The fraction of sp³-hybridized carbons (Fsp3) is 0.188. The molecule has 1 amide bonds. The molecule has 2 aromatic rings. The highest BCUT2D eigenvalue weighted by Gasteiger charge is 2.22. The maximum absolute atomic E-state index is 12.9. The lowest BCUT2D eigenvalue weighted by Gasteiger charge is -2.22. The number of amides is 1. The predicted molar refractivity (Wildman–Crippen MR) is 91.7 cm³/mol. The van der Waals surface area contributed by atoms with E-state index in [1.807, 2.05) is 41.3 Å². The minimum Gasteiger partial charge on any atom is -0.311 e. The molecule has 1 heterocycles. The number of carbonyl (C=O) groups excluding carboxylic acids is 1. The number of carbonyl (C=O) groups is 1. The molecule has 0 unspecified atom stereocenters. The lowest BCUT2D eigenvalue weighted by atomic mass is 10.1. The molecular weight excluding hydrogens is 396 g/mol. The van der Waals surface area contributed by atoms with Gasteiger partial charge in [-0.1, -0.05) is 50.1 Å². The van der Waals surface area contributed by atoms with Crippen LogP contribution in [0, 0.1) is 0 Å². The number of halogens is 2. The largest absolute Gasteiger partial charge is 0.311 e. The fourth-order valence-corrected chi connectivity index (χ4v) is 3.80. The first-order chi connectivity index (χ1) is 10.1. The quantitative estimate of drug-likeness (QED) is 0.772. The van der Waals surface area contributed by atoms with Crippen molar-refractivity contribution in [1.29, 1.82) is 0 Å². The van der Waals surface area contributed by atoms with Gasteiger partial charge in [0.2, 0.25) is 0 Å². The third-order valence-corrected chi connectivity index (χ3v) is 4.38. The van der Waals surface area contributed by atoms with E-state index >= 15 is 0 Å². The van der Waals surface area contributed by atoms with E-state index in [0.717, 1.165) is 33.3 Å². The Kier molecular flexibility index (Phi) is 4.42. The number of hydrogen-bond donors (Lipinski definition) is 1. The lowest BCUT2D eigenvalue weighted by molar-refractivity contribution is 0.0987. The van der Waals surface area contributed by atoms with E-state index < -0.39 is 0 Å². The highest BCUT2D eigenvalue weighted by atomic mass is 79.9. The summed E-state index contributed by atoms with van der Waals surface area (Å²) in [5.74, 6) is 0.0214. The molecule has 0 fully saturated rings. The molecule has 0 atom stereocenters. The smallest absolute Gasteiger partial charge is 0.258 e. The van der Waals surface area contributed by atoms with Crippen LogP contribution in [0.2, 0.25) is 0 Å². The van der Waals surface area contributed by atoms with Crippen molar-refractivity contribution in [2.24, 2.45) is 0 Å². The van der Waals surface area contributed by atoms with Crippen molar-refractivity contribution < 1.29 is 4.79 Å². The molecule has 21 heavy (non-hydrogen) atoms.